The van der Waals surface area contributed by atoms with Gasteiger partial charge in [-0.05, 0) is 46.2 Å². The first kappa shape index (κ1) is 16.9. The first-order valence-electron chi connectivity index (χ1n) is 6.71. The normalized spacial score (nSPS) is 12.9. The second kappa shape index (κ2) is 8.28. The summed E-state index contributed by atoms with van der Waals surface area (Å²) in [5.74, 6) is 1.97. The molecule has 0 radical (unpaired) electrons. The molecule has 1 aromatic carbocycles. The lowest BCUT2D eigenvalue weighted by Gasteiger charge is -2.11. The highest BCUT2D eigenvalue weighted by Crippen LogP contribution is 2.26. The predicted molar refractivity (Wildman–Crippen MR) is 102 cm³/mol. The fraction of sp³-hybridized carbons (Fsp3) is 0.286. The fourth-order valence-corrected chi connectivity index (χ4v) is 1.81. The molecule has 3 rings (SSSR count). The summed E-state index contributed by atoms with van der Waals surface area (Å²) in [5.41, 5.74) is 7.28. The van der Waals surface area contributed by atoms with Crippen LogP contribution in [0.25, 0.3) is 0 Å². The molecule has 0 bridgehead atoms. The van der Waals surface area contributed by atoms with Crippen LogP contribution >= 0.6 is 31.0 Å². The van der Waals surface area contributed by atoms with Crippen LogP contribution in [0.15, 0.2) is 30.5 Å². The summed E-state index contributed by atoms with van der Waals surface area (Å²) >= 11 is 1.84. The number of hydrogen-bond acceptors (Lipinski definition) is 7. The van der Waals surface area contributed by atoms with Gasteiger partial charge in [0.1, 0.15) is 5.75 Å². The van der Waals surface area contributed by atoms with Crippen molar-refractivity contribution in [3.8, 4) is 5.75 Å². The van der Waals surface area contributed by atoms with Crippen LogP contribution in [0, 0.1) is 0 Å². The molecular weight excluding hydrogens is 413 g/mol. The zero-order valence-electron chi connectivity index (χ0n) is 12.1. The van der Waals surface area contributed by atoms with E-state index in [2.05, 4.69) is 30.4 Å². The number of methoxy groups -OCH3 is 1. The molecule has 1 aliphatic carbocycles. The van der Waals surface area contributed by atoms with Gasteiger partial charge in [-0.15, -0.1) is 9.80 Å². The summed E-state index contributed by atoms with van der Waals surface area (Å²) in [4.78, 5) is 8.59. The third kappa shape index (κ3) is 4.80. The lowest BCUT2D eigenvalue weighted by Crippen LogP contribution is -2.08. The SMILES string of the molecule is COc1cccc(Nc2nc(NC3CC3)ncc2N)c1.SI. The van der Waals surface area contributed by atoms with E-state index in [0.717, 1.165) is 11.4 Å². The van der Waals surface area contributed by atoms with Gasteiger partial charge in [0.05, 0.1) is 19.0 Å². The Morgan fingerprint density at radius 1 is 1.36 bits per heavy atom. The van der Waals surface area contributed by atoms with Crippen LogP contribution in [0.2, 0.25) is 0 Å². The quantitative estimate of drug-likeness (QED) is 0.427. The third-order valence-electron chi connectivity index (χ3n) is 3.06. The number of nitrogen functional groups attached to an aromatic ring is 1. The summed E-state index contributed by atoms with van der Waals surface area (Å²) in [5, 5.41) is 6.43. The number of ether oxygens (including phenoxy) is 1. The number of rotatable bonds is 5. The van der Waals surface area contributed by atoms with E-state index in [0.29, 0.717) is 23.5 Å². The number of nitrogens with two attached hydrogens (primary N) is 1. The molecule has 0 amide bonds. The Morgan fingerprint density at radius 3 is 2.82 bits per heavy atom. The van der Waals surface area contributed by atoms with Crippen LogP contribution < -0.4 is 21.1 Å². The van der Waals surface area contributed by atoms with Crippen LogP contribution in [-0.2, 0) is 0 Å². The summed E-state index contributed by atoms with van der Waals surface area (Å²) in [6.45, 7) is 0. The molecule has 0 spiro atoms. The van der Waals surface area contributed by atoms with Gasteiger partial charge >= 0.3 is 0 Å². The molecule has 6 nitrogen and oxygen atoms in total. The second-order valence-electron chi connectivity index (χ2n) is 4.77. The van der Waals surface area contributed by atoms with E-state index in [1.807, 2.05) is 45.5 Å². The van der Waals surface area contributed by atoms with Gasteiger partial charge in [0.15, 0.2) is 5.82 Å². The van der Waals surface area contributed by atoms with Gasteiger partial charge in [0.2, 0.25) is 5.95 Å². The number of anilines is 4. The molecule has 22 heavy (non-hydrogen) atoms. The smallest absolute Gasteiger partial charge is 0.224 e. The topological polar surface area (TPSA) is 85.1 Å². The largest absolute Gasteiger partial charge is 0.497 e. The maximum absolute atomic E-state index is 5.91. The van der Waals surface area contributed by atoms with Gasteiger partial charge in [-0.1, -0.05) is 6.07 Å². The number of benzene rings is 1. The van der Waals surface area contributed by atoms with Crippen LogP contribution in [0.4, 0.5) is 23.1 Å². The zero-order chi connectivity index (χ0) is 15.9. The minimum Gasteiger partial charge on any atom is -0.497 e. The second-order valence-corrected chi connectivity index (χ2v) is 4.77. The Hall–Kier alpha value is -1.42. The molecule has 0 atom stereocenters. The van der Waals surface area contributed by atoms with Gasteiger partial charge in [-0.2, -0.15) is 4.98 Å². The molecule has 1 heterocycles. The first-order chi connectivity index (χ1) is 10.7. The molecule has 4 N–H and O–H groups in total. The van der Waals surface area contributed by atoms with E-state index in [4.69, 9.17) is 10.5 Å². The van der Waals surface area contributed by atoms with E-state index in [-0.39, 0.29) is 0 Å². The van der Waals surface area contributed by atoms with E-state index in [1.54, 1.807) is 13.3 Å². The highest BCUT2D eigenvalue weighted by molar-refractivity contribution is 14.2. The maximum Gasteiger partial charge on any atom is 0.224 e. The Bertz CT molecular complexity index is 624. The minimum atomic E-state index is 0.503. The molecule has 0 unspecified atom stereocenters. The molecule has 1 aromatic heterocycles. The van der Waals surface area contributed by atoms with Crippen molar-refractivity contribution in [3.05, 3.63) is 30.5 Å². The predicted octanol–water partition coefficient (Wildman–Crippen LogP) is 3.65. The molecule has 2 aromatic rings. The Morgan fingerprint density at radius 2 is 2.14 bits per heavy atom. The molecule has 118 valence electrons. The lowest BCUT2D eigenvalue weighted by atomic mass is 10.3. The van der Waals surface area contributed by atoms with Crippen molar-refractivity contribution < 1.29 is 4.74 Å². The maximum atomic E-state index is 5.91. The average molecular weight is 431 g/mol. The monoisotopic (exact) mass is 431 g/mol. The number of nitrogens with one attached hydrogen (secondary N) is 2. The van der Waals surface area contributed by atoms with E-state index in [1.165, 1.54) is 12.8 Å². The fourth-order valence-electron chi connectivity index (χ4n) is 1.81. The van der Waals surface area contributed by atoms with E-state index >= 15 is 0 Å². The van der Waals surface area contributed by atoms with Crippen molar-refractivity contribution in [2.45, 2.75) is 18.9 Å². The average Bonchev–Trinajstić information content (AvgIpc) is 3.37. The molecule has 1 fully saturated rings. The van der Waals surface area contributed by atoms with Crippen molar-refractivity contribution in [1.82, 2.24) is 9.97 Å². The third-order valence-corrected chi connectivity index (χ3v) is 3.06. The first-order valence-corrected chi connectivity index (χ1v) is 9.95. The van der Waals surface area contributed by atoms with Crippen LogP contribution in [0.5, 0.6) is 5.75 Å². The summed E-state index contributed by atoms with van der Waals surface area (Å²) in [6.07, 6.45) is 3.96. The van der Waals surface area contributed by atoms with E-state index in [9.17, 15) is 0 Å². The zero-order valence-corrected chi connectivity index (χ0v) is 15.1. The summed E-state index contributed by atoms with van der Waals surface area (Å²) < 4.78 is 5.19. The highest BCUT2D eigenvalue weighted by Gasteiger charge is 2.22. The highest BCUT2D eigenvalue weighted by atomic mass is 127. The molecule has 1 saturated carbocycles. The Balaban J connectivity index is 0.000000847. The van der Waals surface area contributed by atoms with Gasteiger partial charge < -0.3 is 21.1 Å². The molecule has 0 saturated heterocycles. The van der Waals surface area contributed by atoms with Crippen molar-refractivity contribution in [2.75, 3.05) is 23.5 Å². The lowest BCUT2D eigenvalue weighted by molar-refractivity contribution is 0.415. The van der Waals surface area contributed by atoms with Gasteiger partial charge in [0.25, 0.3) is 0 Å². The van der Waals surface area contributed by atoms with E-state index < -0.39 is 0 Å². The Kier molecular flexibility index (Phi) is 6.37. The number of aromatic nitrogens is 2. The van der Waals surface area contributed by atoms with Crippen LogP contribution in [0.1, 0.15) is 12.8 Å². The van der Waals surface area contributed by atoms with Crippen molar-refractivity contribution in [1.29, 1.82) is 0 Å². The van der Waals surface area contributed by atoms with Gasteiger partial charge in [0, 0.05) is 17.8 Å². The van der Waals surface area contributed by atoms with Crippen molar-refractivity contribution in [3.63, 3.8) is 0 Å². The minimum absolute atomic E-state index is 0.503. The molecule has 1 aliphatic rings. The number of thiol groups is 1. The van der Waals surface area contributed by atoms with Gasteiger partial charge in [-0.3, -0.25) is 0 Å². The standard InChI is InChI=1S/C14H17N5O.HIS/c1-20-11-4-2-3-10(7-11)17-13-12(15)8-16-14(19-13)18-9-5-6-9;1-2/h2-4,7-9H,5-6,15H2,1H3,(H2,16,17,18,19);2H. The van der Waals surface area contributed by atoms with Crippen molar-refractivity contribution in [2.24, 2.45) is 0 Å². The summed E-state index contributed by atoms with van der Waals surface area (Å²) in [6, 6.07) is 8.10. The van der Waals surface area contributed by atoms with Gasteiger partial charge in [-0.25, -0.2) is 4.98 Å². The van der Waals surface area contributed by atoms with Crippen molar-refractivity contribution >= 4 is 54.1 Å². The number of hydrogen-bond donors (Lipinski definition) is 4. The number of halogens is 1. The molecule has 8 heteroatoms. The van der Waals surface area contributed by atoms with Crippen LogP contribution in [0.3, 0.4) is 0 Å². The summed E-state index contributed by atoms with van der Waals surface area (Å²) in [7, 11) is 5.13. The van der Waals surface area contributed by atoms with Crippen LogP contribution in [-0.4, -0.2) is 23.1 Å². The molecular formula is C14H18IN5OS. The Labute approximate surface area is 147 Å². The number of nitrogens with zero attached hydrogens (tertiary/aromatic N) is 2. The molecule has 0 aliphatic heterocycles.